The van der Waals surface area contributed by atoms with Crippen molar-refractivity contribution in [1.82, 2.24) is 4.90 Å². The van der Waals surface area contributed by atoms with Crippen molar-refractivity contribution in [2.45, 2.75) is 44.6 Å². The highest BCUT2D eigenvalue weighted by molar-refractivity contribution is 5.97. The third-order valence-electron chi connectivity index (χ3n) is 5.71. The summed E-state index contributed by atoms with van der Waals surface area (Å²) in [7, 11) is 0. The molecule has 5 N–H and O–H groups in total. The molecule has 6 nitrogen and oxygen atoms in total. The van der Waals surface area contributed by atoms with Crippen LogP contribution < -0.4 is 16.8 Å². The average molecular weight is 409 g/mol. The molecule has 30 heavy (non-hydrogen) atoms. The molecule has 1 aliphatic rings. The molecular weight excluding hydrogens is 376 g/mol. The summed E-state index contributed by atoms with van der Waals surface area (Å²) in [6, 6.07) is 15.4. The molecule has 0 bridgehead atoms. The summed E-state index contributed by atoms with van der Waals surface area (Å²) >= 11 is 0. The normalized spacial score (nSPS) is 13.5. The van der Waals surface area contributed by atoms with Crippen molar-refractivity contribution >= 4 is 17.5 Å². The molecule has 0 saturated carbocycles. The van der Waals surface area contributed by atoms with Crippen molar-refractivity contribution < 1.29 is 9.59 Å². The Balaban J connectivity index is 1.75. The standard InChI is InChI=1S/C24H32N4O2/c25-14-5-10-22(24(30)27-21-12-11-19-8-4-9-20(19)16-21)28(23(29)17-26)15-13-18-6-2-1-3-7-18/h1-3,6-7,11-12,16,22H,4-5,8-10,13-15,17,25-26H2,(H,27,30). The van der Waals surface area contributed by atoms with Gasteiger partial charge in [-0.2, -0.15) is 0 Å². The molecule has 0 spiro atoms. The minimum atomic E-state index is -0.596. The lowest BCUT2D eigenvalue weighted by atomic mass is 10.1. The quantitative estimate of drug-likeness (QED) is 0.561. The number of benzene rings is 2. The molecule has 0 radical (unpaired) electrons. The molecule has 160 valence electrons. The van der Waals surface area contributed by atoms with Gasteiger partial charge in [0.2, 0.25) is 11.8 Å². The second-order valence-corrected chi connectivity index (χ2v) is 7.80. The van der Waals surface area contributed by atoms with Crippen LogP contribution in [-0.4, -0.2) is 42.4 Å². The number of nitrogens with one attached hydrogen (secondary N) is 1. The molecule has 1 atom stereocenters. The van der Waals surface area contributed by atoms with E-state index in [9.17, 15) is 9.59 Å². The highest BCUT2D eigenvalue weighted by atomic mass is 16.2. The summed E-state index contributed by atoms with van der Waals surface area (Å²) in [6.07, 6.45) is 5.13. The van der Waals surface area contributed by atoms with Crippen molar-refractivity contribution in [3.63, 3.8) is 0 Å². The average Bonchev–Trinajstić information content (AvgIpc) is 3.24. The second kappa shape index (κ2) is 10.9. The Labute approximate surface area is 178 Å². The number of fused-ring (bicyclic) bond motifs is 1. The first-order valence-corrected chi connectivity index (χ1v) is 10.8. The Morgan fingerprint density at radius 1 is 1.03 bits per heavy atom. The van der Waals surface area contributed by atoms with Gasteiger partial charge in [0.25, 0.3) is 0 Å². The van der Waals surface area contributed by atoms with E-state index in [0.717, 1.165) is 30.5 Å². The first kappa shape index (κ1) is 22.0. The molecule has 0 fully saturated rings. The van der Waals surface area contributed by atoms with Crippen LogP contribution in [0.25, 0.3) is 0 Å². The Morgan fingerprint density at radius 2 is 1.80 bits per heavy atom. The molecule has 2 aromatic carbocycles. The predicted octanol–water partition coefficient (Wildman–Crippen LogP) is 2.25. The Bertz CT molecular complexity index is 854. The molecule has 3 rings (SSSR count). The minimum absolute atomic E-state index is 0.125. The van der Waals surface area contributed by atoms with E-state index in [1.807, 2.05) is 36.4 Å². The van der Waals surface area contributed by atoms with E-state index < -0.39 is 6.04 Å². The van der Waals surface area contributed by atoms with Crippen LogP contribution in [0.1, 0.15) is 36.0 Å². The van der Waals surface area contributed by atoms with Gasteiger partial charge in [0.05, 0.1) is 6.54 Å². The number of rotatable bonds is 10. The number of hydrogen-bond acceptors (Lipinski definition) is 4. The van der Waals surface area contributed by atoms with Crippen molar-refractivity contribution in [3.05, 3.63) is 65.2 Å². The second-order valence-electron chi connectivity index (χ2n) is 7.80. The molecule has 1 unspecified atom stereocenters. The number of anilines is 1. The van der Waals surface area contributed by atoms with Gasteiger partial charge in [-0.1, -0.05) is 36.4 Å². The molecule has 0 saturated heterocycles. The number of nitrogens with two attached hydrogens (primary N) is 2. The number of amides is 2. The molecule has 6 heteroatoms. The Morgan fingerprint density at radius 3 is 2.53 bits per heavy atom. The summed E-state index contributed by atoms with van der Waals surface area (Å²) in [4.78, 5) is 27.5. The van der Waals surface area contributed by atoms with Gasteiger partial charge in [-0.25, -0.2) is 0 Å². The Hall–Kier alpha value is -2.70. The molecule has 0 heterocycles. The maximum atomic E-state index is 13.2. The predicted molar refractivity (Wildman–Crippen MR) is 120 cm³/mol. The maximum Gasteiger partial charge on any atom is 0.247 e. The van der Waals surface area contributed by atoms with Crippen molar-refractivity contribution in [2.75, 3.05) is 25.0 Å². The van der Waals surface area contributed by atoms with Crippen LogP contribution in [0.4, 0.5) is 5.69 Å². The minimum Gasteiger partial charge on any atom is -0.330 e. The lowest BCUT2D eigenvalue weighted by Gasteiger charge is -2.31. The lowest BCUT2D eigenvalue weighted by molar-refractivity contribution is -0.137. The van der Waals surface area contributed by atoms with Gasteiger partial charge in [-0.15, -0.1) is 0 Å². The first-order valence-electron chi connectivity index (χ1n) is 10.8. The zero-order chi connectivity index (χ0) is 21.3. The fourth-order valence-electron chi connectivity index (χ4n) is 4.08. The molecule has 2 aromatic rings. The fourth-order valence-corrected chi connectivity index (χ4v) is 4.08. The summed E-state index contributed by atoms with van der Waals surface area (Å²) in [6.45, 7) is 0.777. The van der Waals surface area contributed by atoms with Crippen molar-refractivity contribution in [1.29, 1.82) is 0 Å². The van der Waals surface area contributed by atoms with Crippen LogP contribution in [0, 0.1) is 0 Å². The Kier molecular flexibility index (Phi) is 7.99. The van der Waals surface area contributed by atoms with E-state index in [4.69, 9.17) is 11.5 Å². The molecule has 0 aromatic heterocycles. The van der Waals surface area contributed by atoms with E-state index in [1.165, 1.54) is 11.1 Å². The monoisotopic (exact) mass is 408 g/mol. The van der Waals surface area contributed by atoms with E-state index >= 15 is 0 Å². The highest BCUT2D eigenvalue weighted by Crippen LogP contribution is 2.25. The van der Waals surface area contributed by atoms with Gasteiger partial charge >= 0.3 is 0 Å². The summed E-state index contributed by atoms with van der Waals surface area (Å²) in [5.41, 5.74) is 15.9. The first-order chi connectivity index (χ1) is 14.6. The largest absolute Gasteiger partial charge is 0.330 e. The topological polar surface area (TPSA) is 101 Å². The summed E-state index contributed by atoms with van der Waals surface area (Å²) < 4.78 is 0. The highest BCUT2D eigenvalue weighted by Gasteiger charge is 2.29. The van der Waals surface area contributed by atoms with Crippen molar-refractivity contribution in [2.24, 2.45) is 11.5 Å². The third-order valence-corrected chi connectivity index (χ3v) is 5.71. The van der Waals surface area contributed by atoms with Gasteiger partial charge in [-0.3, -0.25) is 9.59 Å². The van der Waals surface area contributed by atoms with E-state index in [2.05, 4.69) is 17.4 Å². The maximum absolute atomic E-state index is 13.2. The third kappa shape index (κ3) is 5.68. The fraction of sp³-hybridized carbons (Fsp3) is 0.417. The number of nitrogens with zero attached hydrogens (tertiary/aromatic N) is 1. The molecule has 0 aliphatic heterocycles. The molecule has 1 aliphatic carbocycles. The number of hydrogen-bond donors (Lipinski definition) is 3. The van der Waals surface area contributed by atoms with E-state index in [1.54, 1.807) is 4.90 Å². The smallest absolute Gasteiger partial charge is 0.247 e. The summed E-state index contributed by atoms with van der Waals surface area (Å²) in [5, 5.41) is 3.02. The van der Waals surface area contributed by atoms with Crippen LogP contribution in [0.15, 0.2) is 48.5 Å². The molecular formula is C24H32N4O2. The van der Waals surface area contributed by atoms with Gasteiger partial charge in [0, 0.05) is 12.2 Å². The van der Waals surface area contributed by atoms with Crippen LogP contribution in [0.5, 0.6) is 0 Å². The van der Waals surface area contributed by atoms with Gasteiger partial charge in [-0.05, 0) is 73.9 Å². The summed E-state index contributed by atoms with van der Waals surface area (Å²) in [5.74, 6) is -0.409. The SMILES string of the molecule is NCCCC(C(=O)Nc1ccc2c(c1)CCC2)N(CCc1ccccc1)C(=O)CN. The van der Waals surface area contributed by atoms with Crippen LogP contribution in [-0.2, 0) is 28.9 Å². The van der Waals surface area contributed by atoms with Crippen LogP contribution >= 0.6 is 0 Å². The van der Waals surface area contributed by atoms with Gasteiger partial charge in [0.1, 0.15) is 6.04 Å². The van der Waals surface area contributed by atoms with E-state index in [-0.39, 0.29) is 18.4 Å². The van der Waals surface area contributed by atoms with Crippen LogP contribution in [0.3, 0.4) is 0 Å². The zero-order valence-corrected chi connectivity index (χ0v) is 17.5. The number of carbonyl (C=O) groups excluding carboxylic acids is 2. The lowest BCUT2D eigenvalue weighted by Crippen LogP contribution is -2.50. The van der Waals surface area contributed by atoms with Crippen molar-refractivity contribution in [3.8, 4) is 0 Å². The van der Waals surface area contributed by atoms with Gasteiger partial charge < -0.3 is 21.7 Å². The van der Waals surface area contributed by atoms with E-state index in [0.29, 0.717) is 32.4 Å². The molecule has 2 amide bonds. The zero-order valence-electron chi connectivity index (χ0n) is 17.5. The van der Waals surface area contributed by atoms with Gasteiger partial charge in [0.15, 0.2) is 0 Å². The number of carbonyl (C=O) groups is 2. The van der Waals surface area contributed by atoms with Crippen LogP contribution in [0.2, 0.25) is 0 Å². The number of aryl methyl sites for hydroxylation is 2.